The van der Waals surface area contributed by atoms with E-state index in [2.05, 4.69) is 66.2 Å². The van der Waals surface area contributed by atoms with E-state index in [1.807, 2.05) is 59.0 Å². The van der Waals surface area contributed by atoms with E-state index >= 15 is 0 Å². The average molecular weight is 684 g/mol. The van der Waals surface area contributed by atoms with Crippen LogP contribution in [0.1, 0.15) is 38.4 Å². The molecule has 0 spiro atoms. The van der Waals surface area contributed by atoms with E-state index in [1.165, 1.54) is 6.07 Å². The highest BCUT2D eigenvalue weighted by atomic mass is 35.5. The number of phenolic OH excluding ortho intramolecular Hbond substituents is 1. The minimum Gasteiger partial charge on any atom is -0.506 e. The van der Waals surface area contributed by atoms with Crippen LogP contribution < -0.4 is 10.6 Å². The van der Waals surface area contributed by atoms with Crippen molar-refractivity contribution in [3.8, 4) is 22.8 Å². The Morgan fingerprint density at radius 2 is 1.74 bits per heavy atom. The Hall–Kier alpha value is -4.45. The van der Waals surface area contributed by atoms with Gasteiger partial charge in [-0.1, -0.05) is 80.5 Å². The van der Waals surface area contributed by atoms with Crippen molar-refractivity contribution in [1.82, 2.24) is 29.7 Å². The van der Waals surface area contributed by atoms with Gasteiger partial charge in [-0.25, -0.2) is 9.48 Å². The lowest BCUT2D eigenvalue weighted by Crippen LogP contribution is -2.29. The summed E-state index contributed by atoms with van der Waals surface area (Å²) in [4.78, 5) is 16.4. The van der Waals surface area contributed by atoms with Crippen LogP contribution in [0.5, 0.6) is 5.75 Å². The molecular weight excluding hydrogens is 650 g/mol. The summed E-state index contributed by atoms with van der Waals surface area (Å²) >= 11 is 9.50. The Bertz CT molecular complexity index is 2070. The van der Waals surface area contributed by atoms with Crippen molar-refractivity contribution in [2.24, 2.45) is 0 Å². The molecule has 12 heteroatoms. The number of fused-ring (bicyclic) bond motifs is 1. The largest absolute Gasteiger partial charge is 0.506 e. The van der Waals surface area contributed by atoms with Crippen LogP contribution in [0, 0.1) is 0 Å². The van der Waals surface area contributed by atoms with Gasteiger partial charge in [0.15, 0.2) is 11.5 Å². The molecule has 0 atom stereocenters. The third-order valence-corrected chi connectivity index (χ3v) is 10.3. The van der Waals surface area contributed by atoms with Crippen molar-refractivity contribution in [3.05, 3.63) is 107 Å². The van der Waals surface area contributed by atoms with Gasteiger partial charge in [0.1, 0.15) is 11.6 Å². The molecule has 9 nitrogen and oxygen atoms in total. The monoisotopic (exact) mass is 683 g/mol. The van der Waals surface area contributed by atoms with E-state index < -0.39 is 0 Å². The van der Waals surface area contributed by atoms with Gasteiger partial charge in [-0.15, -0.1) is 22.0 Å². The topological polar surface area (TPSA) is 109 Å². The quantitative estimate of drug-likeness (QED) is 0.124. The number of rotatable bonds is 10. The molecule has 6 rings (SSSR count). The third kappa shape index (κ3) is 6.97. The number of benzene rings is 3. The normalized spacial score (nSPS) is 11.6. The molecular formula is C35H34ClN7O2S2. The lowest BCUT2D eigenvalue weighted by atomic mass is 9.87. The zero-order chi connectivity index (χ0) is 33.1. The fourth-order valence-electron chi connectivity index (χ4n) is 4.96. The van der Waals surface area contributed by atoms with E-state index in [0.29, 0.717) is 18.1 Å². The molecule has 3 heterocycles. The van der Waals surface area contributed by atoms with Crippen molar-refractivity contribution >= 4 is 52.6 Å². The molecule has 0 aliphatic heterocycles. The van der Waals surface area contributed by atoms with Gasteiger partial charge in [0.05, 0.1) is 16.4 Å². The van der Waals surface area contributed by atoms with Gasteiger partial charge in [0.2, 0.25) is 0 Å². The number of carbonyl (C=O) groups is 1. The Labute approximate surface area is 286 Å². The number of phenols is 1. The number of aromatic hydroxyl groups is 1. The van der Waals surface area contributed by atoms with Crippen LogP contribution in [0.25, 0.3) is 22.7 Å². The highest BCUT2D eigenvalue weighted by molar-refractivity contribution is 7.99. The minimum absolute atomic E-state index is 0.0246. The standard InChI is InChI=1S/C35H34ClN7O2S2/c1-5-35(2,3)30-19-32(43(41-30)23-14-16-27(44)26(36)18-23)38-34(45)37-20-22-10-6-8-12-28(22)47-24-15-17-31-39-40-33(42(31)21-24)25-11-7-9-13-29(25)46-4/h6-19,21,44H,5,20H2,1-4H3,(H2,37,38,45). The summed E-state index contributed by atoms with van der Waals surface area (Å²) in [5, 5.41) is 29.8. The van der Waals surface area contributed by atoms with Gasteiger partial charge in [-0.2, -0.15) is 5.10 Å². The second-order valence-electron chi connectivity index (χ2n) is 11.5. The van der Waals surface area contributed by atoms with Gasteiger partial charge in [0.25, 0.3) is 0 Å². The minimum atomic E-state index is -0.375. The molecule has 240 valence electrons. The summed E-state index contributed by atoms with van der Waals surface area (Å²) in [6.07, 6.45) is 4.96. The predicted octanol–water partition coefficient (Wildman–Crippen LogP) is 8.82. The van der Waals surface area contributed by atoms with Crippen molar-refractivity contribution in [2.75, 3.05) is 11.6 Å². The summed E-state index contributed by atoms with van der Waals surface area (Å²) in [6, 6.07) is 26.5. The van der Waals surface area contributed by atoms with Crippen molar-refractivity contribution < 1.29 is 9.90 Å². The first-order valence-electron chi connectivity index (χ1n) is 15.0. The van der Waals surface area contributed by atoms with Crippen molar-refractivity contribution in [3.63, 3.8) is 0 Å². The number of amides is 2. The number of hydrogen-bond donors (Lipinski definition) is 3. The highest BCUT2D eigenvalue weighted by Crippen LogP contribution is 2.34. The van der Waals surface area contributed by atoms with Gasteiger partial charge >= 0.3 is 6.03 Å². The zero-order valence-electron chi connectivity index (χ0n) is 26.4. The number of aromatic nitrogens is 5. The number of pyridine rings is 1. The van der Waals surface area contributed by atoms with Gasteiger partial charge in [-0.3, -0.25) is 9.72 Å². The maximum Gasteiger partial charge on any atom is 0.320 e. The lowest BCUT2D eigenvalue weighted by molar-refractivity contribution is 0.251. The van der Waals surface area contributed by atoms with Crippen LogP contribution >= 0.6 is 35.1 Å². The number of carbonyl (C=O) groups excluding carboxylic acids is 1. The van der Waals surface area contributed by atoms with E-state index in [4.69, 9.17) is 16.7 Å². The van der Waals surface area contributed by atoms with Crippen LogP contribution in [0.4, 0.5) is 10.6 Å². The van der Waals surface area contributed by atoms with Gasteiger partial charge in [-0.05, 0) is 60.7 Å². The Morgan fingerprint density at radius 1 is 0.979 bits per heavy atom. The van der Waals surface area contributed by atoms with Gasteiger partial charge < -0.3 is 10.4 Å². The molecule has 47 heavy (non-hydrogen) atoms. The summed E-state index contributed by atoms with van der Waals surface area (Å²) in [5.74, 6) is 1.26. The van der Waals surface area contributed by atoms with E-state index in [-0.39, 0.29) is 22.2 Å². The number of thioether (sulfide) groups is 1. The van der Waals surface area contributed by atoms with Crippen molar-refractivity contribution in [1.29, 1.82) is 0 Å². The number of nitrogens with zero attached hydrogens (tertiary/aromatic N) is 5. The van der Waals surface area contributed by atoms with E-state index in [9.17, 15) is 9.90 Å². The van der Waals surface area contributed by atoms with Crippen LogP contribution in [-0.4, -0.2) is 41.8 Å². The maximum absolute atomic E-state index is 13.3. The average Bonchev–Trinajstić information content (AvgIpc) is 3.70. The molecule has 0 aliphatic rings. The Morgan fingerprint density at radius 3 is 2.51 bits per heavy atom. The van der Waals surface area contributed by atoms with Crippen LogP contribution in [-0.2, 0) is 12.0 Å². The van der Waals surface area contributed by atoms with Crippen molar-refractivity contribution in [2.45, 2.75) is 53.8 Å². The number of anilines is 1. The Kier molecular flexibility index (Phi) is 9.49. The molecule has 0 unspecified atom stereocenters. The second-order valence-corrected chi connectivity index (χ2v) is 13.9. The number of nitrogens with one attached hydrogen (secondary N) is 2. The first-order chi connectivity index (χ1) is 22.7. The van der Waals surface area contributed by atoms with E-state index in [1.54, 1.807) is 40.3 Å². The summed E-state index contributed by atoms with van der Waals surface area (Å²) in [6.45, 7) is 6.61. The molecule has 2 amide bonds. The molecule has 3 aromatic heterocycles. The number of halogens is 1. The van der Waals surface area contributed by atoms with Crippen LogP contribution in [0.15, 0.2) is 106 Å². The van der Waals surface area contributed by atoms with Crippen LogP contribution in [0.2, 0.25) is 5.02 Å². The second kappa shape index (κ2) is 13.7. The molecule has 0 radical (unpaired) electrons. The van der Waals surface area contributed by atoms with Crippen LogP contribution in [0.3, 0.4) is 0 Å². The number of urea groups is 1. The first-order valence-corrected chi connectivity index (χ1v) is 17.5. The maximum atomic E-state index is 13.3. The molecule has 6 aromatic rings. The molecule has 3 N–H and O–H groups in total. The van der Waals surface area contributed by atoms with Gasteiger partial charge in [0, 0.05) is 44.5 Å². The summed E-state index contributed by atoms with van der Waals surface area (Å²) in [7, 11) is 0. The zero-order valence-corrected chi connectivity index (χ0v) is 28.7. The predicted molar refractivity (Wildman–Crippen MR) is 190 cm³/mol. The smallest absolute Gasteiger partial charge is 0.320 e. The van der Waals surface area contributed by atoms with E-state index in [0.717, 1.165) is 49.4 Å². The summed E-state index contributed by atoms with van der Waals surface area (Å²) < 4.78 is 3.65. The molecule has 0 saturated heterocycles. The summed E-state index contributed by atoms with van der Waals surface area (Å²) in [5.41, 5.74) is 4.00. The Balaban J connectivity index is 1.21. The molecule has 0 bridgehead atoms. The number of hydrogen-bond acceptors (Lipinski definition) is 7. The fraction of sp³-hybridized carbons (Fsp3) is 0.200. The first kappa shape index (κ1) is 32.5. The lowest BCUT2D eigenvalue weighted by Gasteiger charge is -2.19. The SMILES string of the molecule is CCC(C)(C)c1cc(NC(=O)NCc2ccccc2Sc2ccc3nnc(-c4ccccc4SC)n3c2)n(-c2ccc(O)c(Cl)c2)n1. The molecule has 0 saturated carbocycles. The molecule has 3 aromatic carbocycles. The molecule has 0 fully saturated rings. The molecule has 0 aliphatic carbocycles. The third-order valence-electron chi connectivity index (χ3n) is 8.07. The highest BCUT2D eigenvalue weighted by Gasteiger charge is 2.25. The fourth-order valence-corrected chi connectivity index (χ4v) is 6.70.